The van der Waals surface area contributed by atoms with Gasteiger partial charge in [0.2, 0.25) is 0 Å². The maximum Gasteiger partial charge on any atom is 0.147 e. The summed E-state index contributed by atoms with van der Waals surface area (Å²) in [5, 5.41) is 11.6. The lowest BCUT2D eigenvalue weighted by Gasteiger charge is -2.07. The molecule has 0 radical (unpaired) electrons. The van der Waals surface area contributed by atoms with Crippen LogP contribution < -0.4 is 5.32 Å². The summed E-state index contributed by atoms with van der Waals surface area (Å²) in [5.74, 6) is 2.08. The molecule has 15 heavy (non-hydrogen) atoms. The molecule has 2 rings (SSSR count). The lowest BCUT2D eigenvalue weighted by Crippen LogP contribution is -2.21. The van der Waals surface area contributed by atoms with E-state index in [9.17, 15) is 0 Å². The third-order valence-electron chi connectivity index (χ3n) is 2.61. The predicted molar refractivity (Wildman–Crippen MR) is 56.6 cm³/mol. The summed E-state index contributed by atoms with van der Waals surface area (Å²) in [6.45, 7) is 4.38. The molecule has 1 heterocycles. The van der Waals surface area contributed by atoms with E-state index < -0.39 is 0 Å². The zero-order valence-corrected chi connectivity index (χ0v) is 9.36. The fourth-order valence-corrected chi connectivity index (χ4v) is 1.72. The first kappa shape index (κ1) is 10.6. The van der Waals surface area contributed by atoms with Crippen LogP contribution >= 0.6 is 0 Å². The SMILES string of the molecule is COCCNCc1nnc(C)n1C1CC1. The summed E-state index contributed by atoms with van der Waals surface area (Å²) < 4.78 is 7.22. The summed E-state index contributed by atoms with van der Waals surface area (Å²) in [6, 6.07) is 0.652. The third kappa shape index (κ3) is 2.54. The quantitative estimate of drug-likeness (QED) is 0.701. The molecule has 1 aliphatic carbocycles. The minimum atomic E-state index is 0.652. The highest BCUT2D eigenvalue weighted by Gasteiger charge is 2.27. The topological polar surface area (TPSA) is 52.0 Å². The van der Waals surface area contributed by atoms with Crippen LogP contribution in [0.3, 0.4) is 0 Å². The second kappa shape index (κ2) is 4.72. The first-order valence-corrected chi connectivity index (χ1v) is 5.43. The van der Waals surface area contributed by atoms with Gasteiger partial charge >= 0.3 is 0 Å². The fourth-order valence-electron chi connectivity index (χ4n) is 1.72. The van der Waals surface area contributed by atoms with Gasteiger partial charge in [-0.05, 0) is 19.8 Å². The Bertz CT molecular complexity index is 319. The molecule has 0 aliphatic heterocycles. The van der Waals surface area contributed by atoms with Crippen LogP contribution in [0.1, 0.15) is 30.5 Å². The van der Waals surface area contributed by atoms with Crippen LogP contribution in [-0.2, 0) is 11.3 Å². The van der Waals surface area contributed by atoms with E-state index in [0.29, 0.717) is 6.04 Å². The molecule has 0 spiro atoms. The summed E-state index contributed by atoms with van der Waals surface area (Å²) in [4.78, 5) is 0. The largest absolute Gasteiger partial charge is 0.383 e. The van der Waals surface area contributed by atoms with Crippen LogP contribution in [0, 0.1) is 6.92 Å². The van der Waals surface area contributed by atoms with E-state index >= 15 is 0 Å². The maximum absolute atomic E-state index is 4.97. The number of ether oxygens (including phenoxy) is 1. The number of hydrogen-bond acceptors (Lipinski definition) is 4. The van der Waals surface area contributed by atoms with Gasteiger partial charge < -0.3 is 14.6 Å². The summed E-state index contributed by atoms with van der Waals surface area (Å²) in [5.41, 5.74) is 0. The van der Waals surface area contributed by atoms with Crippen molar-refractivity contribution in [1.29, 1.82) is 0 Å². The molecule has 1 aromatic rings. The first-order chi connectivity index (χ1) is 7.33. The number of aryl methyl sites for hydroxylation is 1. The molecule has 5 nitrogen and oxygen atoms in total. The van der Waals surface area contributed by atoms with Crippen LogP contribution in [0.15, 0.2) is 0 Å². The van der Waals surface area contributed by atoms with Crippen molar-refractivity contribution in [3.63, 3.8) is 0 Å². The van der Waals surface area contributed by atoms with Crippen molar-refractivity contribution in [2.24, 2.45) is 0 Å². The Kier molecular flexibility index (Phi) is 3.33. The average molecular weight is 210 g/mol. The smallest absolute Gasteiger partial charge is 0.147 e. The molecule has 0 saturated heterocycles. The monoisotopic (exact) mass is 210 g/mol. The van der Waals surface area contributed by atoms with Crippen LogP contribution in [0.2, 0.25) is 0 Å². The van der Waals surface area contributed by atoms with Crippen molar-refractivity contribution in [1.82, 2.24) is 20.1 Å². The van der Waals surface area contributed by atoms with Gasteiger partial charge in [0.1, 0.15) is 11.6 Å². The van der Waals surface area contributed by atoms with Crippen LogP contribution in [0.25, 0.3) is 0 Å². The fraction of sp³-hybridized carbons (Fsp3) is 0.800. The van der Waals surface area contributed by atoms with Crippen molar-refractivity contribution >= 4 is 0 Å². The molecular formula is C10H18N4O. The number of methoxy groups -OCH3 is 1. The second-order valence-corrected chi connectivity index (χ2v) is 3.93. The number of rotatable bonds is 6. The Morgan fingerprint density at radius 1 is 1.47 bits per heavy atom. The molecule has 0 unspecified atom stereocenters. The number of nitrogens with one attached hydrogen (secondary N) is 1. The van der Waals surface area contributed by atoms with Gasteiger partial charge in [0.05, 0.1) is 13.2 Å². The third-order valence-corrected chi connectivity index (χ3v) is 2.61. The standard InChI is InChI=1S/C10H18N4O/c1-8-12-13-10(7-11-5-6-15-2)14(8)9-3-4-9/h9,11H,3-7H2,1-2H3. The van der Waals surface area contributed by atoms with Gasteiger partial charge in [-0.15, -0.1) is 10.2 Å². The van der Waals surface area contributed by atoms with E-state index in [0.717, 1.165) is 31.3 Å². The van der Waals surface area contributed by atoms with Gasteiger partial charge in [-0.3, -0.25) is 0 Å². The summed E-state index contributed by atoms with van der Waals surface area (Å²) in [6.07, 6.45) is 2.54. The molecule has 1 aliphatic rings. The predicted octanol–water partition coefficient (Wildman–Crippen LogP) is 0.657. The van der Waals surface area contributed by atoms with Crippen molar-refractivity contribution in [2.45, 2.75) is 32.4 Å². The Labute approximate surface area is 89.8 Å². The summed E-state index contributed by atoms with van der Waals surface area (Å²) in [7, 11) is 1.71. The zero-order valence-electron chi connectivity index (χ0n) is 9.36. The Morgan fingerprint density at radius 3 is 2.93 bits per heavy atom. The number of aromatic nitrogens is 3. The van der Waals surface area contributed by atoms with Gasteiger partial charge in [-0.2, -0.15) is 0 Å². The van der Waals surface area contributed by atoms with Gasteiger partial charge in [-0.25, -0.2) is 0 Å². The highest BCUT2D eigenvalue weighted by atomic mass is 16.5. The lowest BCUT2D eigenvalue weighted by molar-refractivity contribution is 0.198. The normalized spacial score (nSPS) is 15.9. The molecular weight excluding hydrogens is 192 g/mol. The molecule has 84 valence electrons. The average Bonchev–Trinajstić information content (AvgIpc) is 2.99. The molecule has 1 N–H and O–H groups in total. The molecule has 0 aromatic carbocycles. The van der Waals surface area contributed by atoms with E-state index in [4.69, 9.17) is 4.74 Å². The van der Waals surface area contributed by atoms with E-state index in [1.807, 2.05) is 6.92 Å². The van der Waals surface area contributed by atoms with Crippen LogP contribution in [0.4, 0.5) is 0 Å². The Hall–Kier alpha value is -0.940. The maximum atomic E-state index is 4.97. The minimum absolute atomic E-state index is 0.652. The van der Waals surface area contributed by atoms with Gasteiger partial charge in [0, 0.05) is 19.7 Å². The lowest BCUT2D eigenvalue weighted by atomic mass is 10.5. The Morgan fingerprint density at radius 2 is 2.27 bits per heavy atom. The molecule has 0 atom stereocenters. The minimum Gasteiger partial charge on any atom is -0.383 e. The number of nitrogens with zero attached hydrogens (tertiary/aromatic N) is 3. The summed E-state index contributed by atoms with van der Waals surface area (Å²) >= 11 is 0. The first-order valence-electron chi connectivity index (χ1n) is 5.43. The van der Waals surface area contributed by atoms with Crippen molar-refractivity contribution in [3.8, 4) is 0 Å². The molecule has 5 heteroatoms. The van der Waals surface area contributed by atoms with Crippen LogP contribution in [-0.4, -0.2) is 35.0 Å². The van der Waals surface area contributed by atoms with Crippen molar-refractivity contribution in [3.05, 3.63) is 11.6 Å². The molecule has 1 fully saturated rings. The Balaban J connectivity index is 1.90. The molecule has 0 amide bonds. The second-order valence-electron chi connectivity index (χ2n) is 3.93. The molecule has 1 saturated carbocycles. The molecule has 1 aromatic heterocycles. The van der Waals surface area contributed by atoms with Gasteiger partial charge in [-0.1, -0.05) is 0 Å². The van der Waals surface area contributed by atoms with E-state index in [1.54, 1.807) is 7.11 Å². The molecule has 0 bridgehead atoms. The van der Waals surface area contributed by atoms with Crippen molar-refractivity contribution < 1.29 is 4.74 Å². The highest BCUT2D eigenvalue weighted by molar-refractivity contribution is 5.01. The van der Waals surface area contributed by atoms with Gasteiger partial charge in [0.15, 0.2) is 0 Å². The van der Waals surface area contributed by atoms with E-state index in [1.165, 1.54) is 12.8 Å². The van der Waals surface area contributed by atoms with Crippen LogP contribution in [0.5, 0.6) is 0 Å². The van der Waals surface area contributed by atoms with E-state index in [-0.39, 0.29) is 0 Å². The number of hydrogen-bond donors (Lipinski definition) is 1. The van der Waals surface area contributed by atoms with Crippen molar-refractivity contribution in [2.75, 3.05) is 20.3 Å². The zero-order chi connectivity index (χ0) is 10.7. The highest BCUT2D eigenvalue weighted by Crippen LogP contribution is 2.36. The van der Waals surface area contributed by atoms with E-state index in [2.05, 4.69) is 20.1 Å². The van der Waals surface area contributed by atoms with Gasteiger partial charge in [0.25, 0.3) is 0 Å².